The lowest BCUT2D eigenvalue weighted by atomic mass is 9.87. The van der Waals surface area contributed by atoms with Crippen LogP contribution in [0.2, 0.25) is 0 Å². The summed E-state index contributed by atoms with van der Waals surface area (Å²) in [5.74, 6) is 1.94. The highest BCUT2D eigenvalue weighted by Crippen LogP contribution is 2.61. The van der Waals surface area contributed by atoms with Gasteiger partial charge in [-0.1, -0.05) is 31.9 Å². The largest absolute Gasteiger partial charge is 0.294 e. The average Bonchev–Trinajstić information content (AvgIpc) is 3.00. The molecule has 0 aromatic rings. The van der Waals surface area contributed by atoms with E-state index in [1.54, 1.807) is 5.57 Å². The smallest absolute Gasteiger partial charge is 0.0421 e. The van der Waals surface area contributed by atoms with E-state index in [0.29, 0.717) is 5.54 Å². The molecule has 0 aromatic carbocycles. The average molecular weight is 221 g/mol. The Morgan fingerprint density at radius 3 is 2.69 bits per heavy atom. The SMILES string of the molecule is CC/C=C(/C)C1(C)C2CC2C(CCC)N1C. The first-order valence-electron chi connectivity index (χ1n) is 6.97. The van der Waals surface area contributed by atoms with Crippen LogP contribution in [0.3, 0.4) is 0 Å². The number of piperidine rings is 1. The molecule has 16 heavy (non-hydrogen) atoms. The highest BCUT2D eigenvalue weighted by atomic mass is 15.3. The number of rotatable bonds is 4. The van der Waals surface area contributed by atoms with E-state index in [1.807, 2.05) is 0 Å². The summed E-state index contributed by atoms with van der Waals surface area (Å²) >= 11 is 0. The van der Waals surface area contributed by atoms with Crippen molar-refractivity contribution in [3.63, 3.8) is 0 Å². The van der Waals surface area contributed by atoms with Crippen molar-refractivity contribution >= 4 is 0 Å². The van der Waals surface area contributed by atoms with Gasteiger partial charge < -0.3 is 0 Å². The molecular weight excluding hydrogens is 194 g/mol. The van der Waals surface area contributed by atoms with Crippen molar-refractivity contribution in [2.75, 3.05) is 7.05 Å². The molecule has 0 amide bonds. The number of allylic oxidation sites excluding steroid dienone is 1. The van der Waals surface area contributed by atoms with E-state index in [9.17, 15) is 0 Å². The Morgan fingerprint density at radius 2 is 2.12 bits per heavy atom. The summed E-state index contributed by atoms with van der Waals surface area (Å²) in [7, 11) is 2.35. The van der Waals surface area contributed by atoms with E-state index in [1.165, 1.54) is 25.7 Å². The Kier molecular flexibility index (Phi) is 3.18. The third-order valence-corrected chi connectivity index (χ3v) is 5.18. The predicted molar refractivity (Wildman–Crippen MR) is 70.5 cm³/mol. The zero-order chi connectivity index (χ0) is 11.9. The van der Waals surface area contributed by atoms with Gasteiger partial charge in [-0.05, 0) is 52.0 Å². The molecule has 0 radical (unpaired) electrons. The van der Waals surface area contributed by atoms with Crippen LogP contribution in [0, 0.1) is 11.8 Å². The van der Waals surface area contributed by atoms with E-state index in [2.05, 4.69) is 45.7 Å². The molecule has 0 N–H and O–H groups in total. The molecule has 4 atom stereocenters. The summed E-state index contributed by atoms with van der Waals surface area (Å²) in [5, 5.41) is 0. The number of likely N-dealkylation sites (N-methyl/N-ethyl adjacent to an activating group) is 1. The third kappa shape index (κ3) is 1.55. The minimum atomic E-state index is 0.362. The molecule has 1 saturated heterocycles. The van der Waals surface area contributed by atoms with Gasteiger partial charge in [-0.25, -0.2) is 0 Å². The number of likely N-dealkylation sites (tertiary alicyclic amines) is 1. The van der Waals surface area contributed by atoms with Gasteiger partial charge in [-0.15, -0.1) is 0 Å². The van der Waals surface area contributed by atoms with Crippen molar-refractivity contribution in [3.05, 3.63) is 11.6 Å². The van der Waals surface area contributed by atoms with Crippen molar-refractivity contribution in [1.29, 1.82) is 0 Å². The number of hydrogen-bond donors (Lipinski definition) is 0. The van der Waals surface area contributed by atoms with Gasteiger partial charge in [0.05, 0.1) is 0 Å². The summed E-state index contributed by atoms with van der Waals surface area (Å²) in [4.78, 5) is 2.68. The van der Waals surface area contributed by atoms with Crippen molar-refractivity contribution in [2.24, 2.45) is 11.8 Å². The quantitative estimate of drug-likeness (QED) is 0.652. The maximum Gasteiger partial charge on any atom is 0.0421 e. The van der Waals surface area contributed by atoms with Crippen LogP contribution in [0.1, 0.15) is 53.4 Å². The van der Waals surface area contributed by atoms with Crippen LogP contribution in [0.4, 0.5) is 0 Å². The van der Waals surface area contributed by atoms with Crippen LogP contribution < -0.4 is 0 Å². The van der Waals surface area contributed by atoms with Gasteiger partial charge >= 0.3 is 0 Å². The normalized spacial score (nSPS) is 43.6. The minimum Gasteiger partial charge on any atom is -0.294 e. The highest BCUT2D eigenvalue weighted by Gasteiger charge is 2.63. The van der Waals surface area contributed by atoms with E-state index < -0.39 is 0 Å². The van der Waals surface area contributed by atoms with Gasteiger partial charge in [0.25, 0.3) is 0 Å². The van der Waals surface area contributed by atoms with E-state index >= 15 is 0 Å². The Labute approximate surface area is 101 Å². The molecule has 0 bridgehead atoms. The van der Waals surface area contributed by atoms with Crippen LogP contribution in [-0.4, -0.2) is 23.5 Å². The molecule has 2 aliphatic rings. The summed E-state index contributed by atoms with van der Waals surface area (Å²) in [6.07, 6.45) is 7.78. The molecule has 2 fully saturated rings. The first kappa shape index (κ1) is 12.2. The predicted octanol–water partition coefficient (Wildman–Crippen LogP) is 3.85. The van der Waals surface area contributed by atoms with Gasteiger partial charge in [0, 0.05) is 11.6 Å². The lowest BCUT2D eigenvalue weighted by Gasteiger charge is -2.40. The summed E-state index contributed by atoms with van der Waals surface area (Å²) in [6, 6.07) is 0.847. The summed E-state index contributed by atoms with van der Waals surface area (Å²) in [6.45, 7) is 9.36. The molecule has 2 rings (SSSR count). The number of nitrogens with zero attached hydrogens (tertiary/aromatic N) is 1. The second kappa shape index (κ2) is 4.18. The topological polar surface area (TPSA) is 3.24 Å². The fourth-order valence-corrected chi connectivity index (χ4v) is 3.97. The lowest BCUT2D eigenvalue weighted by molar-refractivity contribution is 0.137. The van der Waals surface area contributed by atoms with Crippen LogP contribution >= 0.6 is 0 Å². The van der Waals surface area contributed by atoms with Crippen molar-refractivity contribution in [2.45, 2.75) is 65.0 Å². The Bertz CT molecular complexity index is 294. The first-order chi connectivity index (χ1) is 7.57. The molecule has 1 saturated carbocycles. The molecule has 1 aliphatic carbocycles. The molecule has 1 aliphatic heterocycles. The minimum absolute atomic E-state index is 0.362. The highest BCUT2D eigenvalue weighted by molar-refractivity contribution is 5.29. The standard InChI is InChI=1S/C15H27N/c1-6-8-11(3)15(4)13-10-12(13)14(9-7-2)16(15)5/h8,12-14H,6-7,9-10H2,1-5H3/b11-8-. The third-order valence-electron chi connectivity index (χ3n) is 5.18. The number of hydrogen-bond acceptors (Lipinski definition) is 1. The van der Waals surface area contributed by atoms with Crippen molar-refractivity contribution < 1.29 is 0 Å². The van der Waals surface area contributed by atoms with E-state index in [0.717, 1.165) is 17.9 Å². The summed E-state index contributed by atoms with van der Waals surface area (Å²) in [5.41, 5.74) is 1.96. The van der Waals surface area contributed by atoms with Crippen molar-refractivity contribution in [1.82, 2.24) is 4.90 Å². The Morgan fingerprint density at radius 1 is 1.44 bits per heavy atom. The second-order valence-corrected chi connectivity index (χ2v) is 5.92. The molecule has 4 unspecified atom stereocenters. The van der Waals surface area contributed by atoms with Crippen LogP contribution in [-0.2, 0) is 0 Å². The molecule has 1 heterocycles. The maximum absolute atomic E-state index is 2.68. The molecule has 0 spiro atoms. The van der Waals surface area contributed by atoms with Crippen LogP contribution in [0.15, 0.2) is 11.6 Å². The maximum atomic E-state index is 2.68. The molecule has 1 nitrogen and oxygen atoms in total. The lowest BCUT2D eigenvalue weighted by Crippen LogP contribution is -2.47. The van der Waals surface area contributed by atoms with Crippen LogP contribution in [0.25, 0.3) is 0 Å². The zero-order valence-corrected chi connectivity index (χ0v) is 11.6. The van der Waals surface area contributed by atoms with E-state index in [4.69, 9.17) is 0 Å². The number of fused-ring (bicyclic) bond motifs is 1. The molecular formula is C15H27N. The van der Waals surface area contributed by atoms with Gasteiger partial charge in [0.1, 0.15) is 0 Å². The van der Waals surface area contributed by atoms with Gasteiger partial charge in [0.2, 0.25) is 0 Å². The molecule has 92 valence electrons. The molecule has 0 aromatic heterocycles. The second-order valence-electron chi connectivity index (χ2n) is 5.92. The monoisotopic (exact) mass is 221 g/mol. The first-order valence-corrected chi connectivity index (χ1v) is 6.97. The Hall–Kier alpha value is -0.300. The fraction of sp³-hybridized carbons (Fsp3) is 0.867. The fourth-order valence-electron chi connectivity index (χ4n) is 3.97. The van der Waals surface area contributed by atoms with Gasteiger partial charge in [-0.2, -0.15) is 0 Å². The van der Waals surface area contributed by atoms with Gasteiger partial charge in [-0.3, -0.25) is 4.90 Å². The van der Waals surface area contributed by atoms with Crippen LogP contribution in [0.5, 0.6) is 0 Å². The van der Waals surface area contributed by atoms with Gasteiger partial charge in [0.15, 0.2) is 0 Å². The van der Waals surface area contributed by atoms with Crippen molar-refractivity contribution in [3.8, 4) is 0 Å². The van der Waals surface area contributed by atoms with E-state index in [-0.39, 0.29) is 0 Å². The summed E-state index contributed by atoms with van der Waals surface area (Å²) < 4.78 is 0. The molecule has 1 heteroatoms. The zero-order valence-electron chi connectivity index (χ0n) is 11.6. The Balaban J connectivity index is 2.20.